The molecule has 0 saturated heterocycles. The number of rotatable bonds is 3. The first-order chi connectivity index (χ1) is 10.7. The molecule has 5 rings (SSSR count). The predicted octanol–water partition coefficient (Wildman–Crippen LogP) is 3.09. The van der Waals surface area contributed by atoms with Gasteiger partial charge in [-0.3, -0.25) is 9.89 Å². The third kappa shape index (κ3) is 2.37. The number of hydrogen-bond donors (Lipinski definition) is 2. The Morgan fingerprint density at radius 1 is 1.30 bits per heavy atom. The maximum absolute atomic E-state index is 13.1. The summed E-state index contributed by atoms with van der Waals surface area (Å²) in [4.78, 5) is 13.1. The maximum atomic E-state index is 13.1. The molecule has 0 spiro atoms. The average Bonchev–Trinajstić information content (AvgIpc) is 2.72. The second kappa shape index (κ2) is 4.68. The quantitative estimate of drug-likeness (QED) is 0.835. The van der Waals surface area contributed by atoms with E-state index in [1.807, 2.05) is 11.6 Å². The van der Waals surface area contributed by atoms with Gasteiger partial charge < -0.3 is 9.88 Å². The molecule has 4 aliphatic carbocycles. The third-order valence-corrected chi connectivity index (χ3v) is 6.85. The van der Waals surface area contributed by atoms with E-state index in [2.05, 4.69) is 29.4 Å². The molecule has 23 heavy (non-hydrogen) atoms. The van der Waals surface area contributed by atoms with E-state index >= 15 is 0 Å². The summed E-state index contributed by atoms with van der Waals surface area (Å²) >= 11 is 5.13. The molecule has 0 radical (unpaired) electrons. The third-order valence-electron chi connectivity index (χ3n) is 6.49. The zero-order valence-electron chi connectivity index (χ0n) is 14.2. The Kier molecular flexibility index (Phi) is 3.13. The number of amides is 1. The van der Waals surface area contributed by atoms with Crippen molar-refractivity contribution >= 4 is 18.1 Å². The molecular weight excluding hydrogens is 308 g/mol. The monoisotopic (exact) mass is 334 g/mol. The van der Waals surface area contributed by atoms with Gasteiger partial charge in [-0.05, 0) is 67.5 Å². The number of nitrogens with one attached hydrogen (secondary N) is 2. The lowest BCUT2D eigenvalue weighted by atomic mass is 9.40. The van der Waals surface area contributed by atoms with Gasteiger partial charge in [0.15, 0.2) is 10.6 Å². The summed E-state index contributed by atoms with van der Waals surface area (Å²) in [6.45, 7) is 5.24. The van der Waals surface area contributed by atoms with E-state index in [1.54, 1.807) is 0 Å². The van der Waals surface area contributed by atoms with Crippen LogP contribution in [0.25, 0.3) is 0 Å². The summed E-state index contributed by atoms with van der Waals surface area (Å²) in [6.07, 6.45) is 7.09. The Morgan fingerprint density at radius 2 is 1.96 bits per heavy atom. The second-order valence-electron chi connectivity index (χ2n) is 9.10. The predicted molar refractivity (Wildman–Crippen MR) is 90.1 cm³/mol. The summed E-state index contributed by atoms with van der Waals surface area (Å²) in [5.41, 5.74) is 0.557. The number of H-pyrrole nitrogens is 1. The van der Waals surface area contributed by atoms with Crippen molar-refractivity contribution in [3.8, 4) is 0 Å². The normalized spacial score (nSPS) is 41.3. The number of carbonyl (C=O) groups is 1. The van der Waals surface area contributed by atoms with Crippen LogP contribution >= 0.6 is 12.2 Å². The first kappa shape index (κ1) is 15.4. The molecule has 1 amide bonds. The van der Waals surface area contributed by atoms with Gasteiger partial charge in [0, 0.05) is 7.05 Å². The SMILES string of the molecule is Cn1c(CNC(=O)C23CC4CC(C)(CC(C)(C4)C2)C3)n[nH]c1=S. The molecule has 2 N–H and O–H groups in total. The minimum absolute atomic E-state index is 0.158. The molecule has 5 nitrogen and oxygen atoms in total. The lowest BCUT2D eigenvalue weighted by Gasteiger charge is -2.64. The summed E-state index contributed by atoms with van der Waals surface area (Å²) in [6, 6.07) is 0. The van der Waals surface area contributed by atoms with E-state index in [1.165, 1.54) is 19.3 Å². The molecule has 6 heteroatoms. The number of aromatic amines is 1. The smallest absolute Gasteiger partial charge is 0.226 e. The Bertz CT molecular complexity index is 702. The van der Waals surface area contributed by atoms with Crippen LogP contribution in [0.3, 0.4) is 0 Å². The van der Waals surface area contributed by atoms with Gasteiger partial charge >= 0.3 is 0 Å². The van der Waals surface area contributed by atoms with Crippen molar-refractivity contribution in [3.63, 3.8) is 0 Å². The van der Waals surface area contributed by atoms with Gasteiger partial charge in [-0.1, -0.05) is 13.8 Å². The topological polar surface area (TPSA) is 62.7 Å². The summed E-state index contributed by atoms with van der Waals surface area (Å²) < 4.78 is 2.40. The van der Waals surface area contributed by atoms with Gasteiger partial charge in [-0.15, -0.1) is 0 Å². The van der Waals surface area contributed by atoms with Crippen LogP contribution in [-0.4, -0.2) is 20.7 Å². The van der Waals surface area contributed by atoms with Gasteiger partial charge in [0.2, 0.25) is 5.91 Å². The molecule has 4 saturated carbocycles. The fraction of sp³-hybridized carbons (Fsp3) is 0.824. The van der Waals surface area contributed by atoms with Gasteiger partial charge in [0.1, 0.15) is 0 Å². The van der Waals surface area contributed by atoms with E-state index in [9.17, 15) is 4.79 Å². The van der Waals surface area contributed by atoms with Gasteiger partial charge in [0.25, 0.3) is 0 Å². The molecule has 4 bridgehead atoms. The van der Waals surface area contributed by atoms with Crippen molar-refractivity contribution in [2.75, 3.05) is 0 Å². The standard InChI is InChI=1S/C17H26N4OS/c1-15-4-11-5-16(2,8-15)10-17(6-11,9-15)13(22)18-7-12-19-20-14(23)21(12)3/h11H,4-10H2,1-3H3,(H,18,22)(H,20,23). The van der Waals surface area contributed by atoms with Crippen molar-refractivity contribution in [1.29, 1.82) is 0 Å². The number of carbonyl (C=O) groups excluding carboxylic acids is 1. The van der Waals surface area contributed by atoms with Crippen LogP contribution in [0.2, 0.25) is 0 Å². The molecule has 1 heterocycles. The molecule has 1 aromatic heterocycles. The summed E-state index contributed by atoms with van der Waals surface area (Å²) in [5.74, 6) is 1.74. The molecule has 4 aliphatic rings. The number of aromatic nitrogens is 3. The van der Waals surface area contributed by atoms with E-state index in [0.29, 0.717) is 22.1 Å². The Morgan fingerprint density at radius 3 is 2.48 bits per heavy atom. The van der Waals surface area contributed by atoms with Crippen LogP contribution in [-0.2, 0) is 18.4 Å². The lowest BCUT2D eigenvalue weighted by Crippen LogP contribution is -2.59. The molecule has 126 valence electrons. The van der Waals surface area contributed by atoms with Gasteiger partial charge in [-0.25, -0.2) is 0 Å². The first-order valence-corrected chi connectivity index (χ1v) is 9.02. The number of hydrogen-bond acceptors (Lipinski definition) is 3. The van der Waals surface area contributed by atoms with Crippen molar-refractivity contribution in [2.45, 2.75) is 58.9 Å². The fourth-order valence-electron chi connectivity index (χ4n) is 6.59. The zero-order valence-corrected chi connectivity index (χ0v) is 15.1. The zero-order chi connectivity index (χ0) is 16.5. The highest BCUT2D eigenvalue weighted by Crippen LogP contribution is 2.69. The molecule has 2 unspecified atom stereocenters. The van der Waals surface area contributed by atoms with E-state index in [0.717, 1.165) is 31.0 Å². The Hall–Kier alpha value is -1.17. The molecule has 0 aromatic carbocycles. The lowest BCUT2D eigenvalue weighted by molar-refractivity contribution is -0.170. The highest BCUT2D eigenvalue weighted by molar-refractivity contribution is 7.71. The number of nitrogens with zero attached hydrogens (tertiary/aromatic N) is 2. The molecule has 4 fully saturated rings. The minimum Gasteiger partial charge on any atom is -0.348 e. The van der Waals surface area contributed by atoms with Crippen LogP contribution in [0.4, 0.5) is 0 Å². The second-order valence-corrected chi connectivity index (χ2v) is 9.48. The molecule has 2 atom stereocenters. The van der Waals surface area contributed by atoms with E-state index in [-0.39, 0.29) is 11.3 Å². The Balaban J connectivity index is 1.54. The van der Waals surface area contributed by atoms with Crippen LogP contribution in [0.15, 0.2) is 0 Å². The van der Waals surface area contributed by atoms with Crippen LogP contribution < -0.4 is 5.32 Å². The molecular formula is C17H26N4OS. The largest absolute Gasteiger partial charge is 0.348 e. The van der Waals surface area contributed by atoms with Crippen molar-refractivity contribution in [3.05, 3.63) is 10.6 Å². The van der Waals surface area contributed by atoms with E-state index in [4.69, 9.17) is 12.2 Å². The fourth-order valence-corrected chi connectivity index (χ4v) is 6.74. The van der Waals surface area contributed by atoms with Crippen LogP contribution in [0.1, 0.15) is 58.2 Å². The summed E-state index contributed by atoms with van der Waals surface area (Å²) in [7, 11) is 1.88. The Labute approximate surface area is 142 Å². The van der Waals surface area contributed by atoms with Crippen LogP contribution in [0.5, 0.6) is 0 Å². The average molecular weight is 334 g/mol. The van der Waals surface area contributed by atoms with E-state index < -0.39 is 0 Å². The van der Waals surface area contributed by atoms with Crippen LogP contribution in [0, 0.1) is 26.9 Å². The highest BCUT2D eigenvalue weighted by atomic mass is 32.1. The molecule has 0 aliphatic heterocycles. The molecule has 1 aromatic rings. The highest BCUT2D eigenvalue weighted by Gasteiger charge is 2.62. The van der Waals surface area contributed by atoms with Crippen molar-refractivity contribution in [2.24, 2.45) is 29.2 Å². The van der Waals surface area contributed by atoms with Gasteiger partial charge in [0.05, 0.1) is 12.0 Å². The summed E-state index contributed by atoms with van der Waals surface area (Å²) in [5, 5.41) is 10.1. The minimum atomic E-state index is -0.158. The maximum Gasteiger partial charge on any atom is 0.226 e. The van der Waals surface area contributed by atoms with Crippen molar-refractivity contribution in [1.82, 2.24) is 20.1 Å². The van der Waals surface area contributed by atoms with Gasteiger partial charge in [-0.2, -0.15) is 5.10 Å². The van der Waals surface area contributed by atoms with Crippen molar-refractivity contribution < 1.29 is 4.79 Å². The first-order valence-electron chi connectivity index (χ1n) is 8.61.